The fourth-order valence-electron chi connectivity index (χ4n) is 2.48. The number of rotatable bonds is 6. The van der Waals surface area contributed by atoms with Gasteiger partial charge in [-0.15, -0.1) is 10.2 Å². The molecule has 2 heterocycles. The molecule has 0 aliphatic carbocycles. The third-order valence-corrected chi connectivity index (χ3v) is 5.68. The van der Waals surface area contributed by atoms with Crippen molar-refractivity contribution in [1.29, 1.82) is 0 Å². The second-order valence-electron chi connectivity index (χ2n) is 7.37. The standard InChI is InChI=1S/C20H23N3O2S2/c1-20(2,3)16-7-5-15(6-8-16)18-21-22-19(25-18)27-13-17(24)23(4)11-14-9-10-26-12-14/h5-10,12H,11,13H2,1-4H3. The molecule has 3 aromatic rings. The minimum Gasteiger partial charge on any atom is -0.411 e. The lowest BCUT2D eigenvalue weighted by atomic mass is 9.87. The molecule has 0 saturated carbocycles. The van der Waals surface area contributed by atoms with Crippen molar-refractivity contribution in [2.24, 2.45) is 0 Å². The second-order valence-corrected chi connectivity index (χ2v) is 9.08. The Balaban J connectivity index is 1.57. The summed E-state index contributed by atoms with van der Waals surface area (Å²) in [5.74, 6) is 0.767. The molecule has 3 rings (SSSR count). The molecule has 0 aliphatic heterocycles. The summed E-state index contributed by atoms with van der Waals surface area (Å²) in [5.41, 5.74) is 3.37. The zero-order valence-corrected chi connectivity index (χ0v) is 17.6. The van der Waals surface area contributed by atoms with Crippen LogP contribution in [0.2, 0.25) is 0 Å². The molecule has 0 bridgehead atoms. The first-order valence-electron chi connectivity index (χ1n) is 8.65. The van der Waals surface area contributed by atoms with Crippen LogP contribution in [0.5, 0.6) is 0 Å². The van der Waals surface area contributed by atoms with Crippen molar-refractivity contribution in [3.8, 4) is 11.5 Å². The van der Waals surface area contributed by atoms with Crippen molar-refractivity contribution in [3.63, 3.8) is 0 Å². The van der Waals surface area contributed by atoms with Gasteiger partial charge in [0.1, 0.15) is 0 Å². The highest BCUT2D eigenvalue weighted by Crippen LogP contribution is 2.27. The predicted molar refractivity (Wildman–Crippen MR) is 110 cm³/mol. The third kappa shape index (κ3) is 5.20. The van der Waals surface area contributed by atoms with Crippen molar-refractivity contribution >= 4 is 29.0 Å². The molecule has 5 nitrogen and oxygen atoms in total. The Bertz CT molecular complexity index is 881. The van der Waals surface area contributed by atoms with E-state index in [0.717, 1.165) is 11.1 Å². The number of carbonyl (C=O) groups excluding carboxylic acids is 1. The van der Waals surface area contributed by atoms with Gasteiger partial charge in [0.2, 0.25) is 11.8 Å². The smallest absolute Gasteiger partial charge is 0.277 e. The minimum absolute atomic E-state index is 0.0282. The maximum Gasteiger partial charge on any atom is 0.277 e. The van der Waals surface area contributed by atoms with Crippen molar-refractivity contribution in [2.45, 2.75) is 38.0 Å². The van der Waals surface area contributed by atoms with E-state index in [2.05, 4.69) is 43.1 Å². The second kappa shape index (κ2) is 8.27. The Hall–Kier alpha value is -2.12. The van der Waals surface area contributed by atoms with Gasteiger partial charge in [0.15, 0.2) is 0 Å². The maximum atomic E-state index is 12.3. The van der Waals surface area contributed by atoms with Crippen LogP contribution < -0.4 is 0 Å². The van der Waals surface area contributed by atoms with E-state index in [1.807, 2.05) is 29.0 Å². The fraction of sp³-hybridized carbons (Fsp3) is 0.350. The number of carbonyl (C=O) groups is 1. The van der Waals surface area contributed by atoms with E-state index in [1.54, 1.807) is 23.3 Å². The van der Waals surface area contributed by atoms with Crippen LogP contribution in [0.25, 0.3) is 11.5 Å². The first-order chi connectivity index (χ1) is 12.8. The number of hydrogen-bond donors (Lipinski definition) is 0. The summed E-state index contributed by atoms with van der Waals surface area (Å²) in [6, 6.07) is 10.2. The predicted octanol–water partition coefficient (Wildman–Crippen LogP) is 4.85. The van der Waals surface area contributed by atoms with E-state index in [9.17, 15) is 4.79 Å². The Morgan fingerprint density at radius 1 is 1.19 bits per heavy atom. The van der Waals surface area contributed by atoms with E-state index in [-0.39, 0.29) is 17.1 Å². The van der Waals surface area contributed by atoms with Gasteiger partial charge in [0, 0.05) is 19.2 Å². The monoisotopic (exact) mass is 401 g/mol. The molecule has 27 heavy (non-hydrogen) atoms. The minimum atomic E-state index is 0.0282. The fourth-order valence-corrected chi connectivity index (χ4v) is 3.84. The summed E-state index contributed by atoms with van der Waals surface area (Å²) in [7, 11) is 1.80. The Morgan fingerprint density at radius 3 is 2.56 bits per heavy atom. The van der Waals surface area contributed by atoms with Crippen molar-refractivity contribution in [2.75, 3.05) is 12.8 Å². The van der Waals surface area contributed by atoms with E-state index in [1.165, 1.54) is 17.3 Å². The van der Waals surface area contributed by atoms with Crippen molar-refractivity contribution in [1.82, 2.24) is 15.1 Å². The van der Waals surface area contributed by atoms with Crippen LogP contribution in [-0.2, 0) is 16.8 Å². The summed E-state index contributed by atoms with van der Waals surface area (Å²) >= 11 is 2.89. The lowest BCUT2D eigenvalue weighted by Crippen LogP contribution is -2.27. The van der Waals surface area contributed by atoms with Gasteiger partial charge in [-0.2, -0.15) is 11.3 Å². The molecule has 0 saturated heterocycles. The van der Waals surface area contributed by atoms with Crippen LogP contribution in [0.4, 0.5) is 0 Å². The molecule has 0 unspecified atom stereocenters. The molecule has 7 heteroatoms. The number of thiophene rings is 1. The maximum absolute atomic E-state index is 12.3. The number of thioether (sulfide) groups is 1. The number of nitrogens with zero attached hydrogens (tertiary/aromatic N) is 3. The zero-order valence-electron chi connectivity index (χ0n) is 15.9. The van der Waals surface area contributed by atoms with E-state index in [0.29, 0.717) is 17.7 Å². The van der Waals surface area contributed by atoms with Crippen LogP contribution in [0.1, 0.15) is 31.9 Å². The lowest BCUT2D eigenvalue weighted by Gasteiger charge is -2.18. The molecule has 0 spiro atoms. The number of benzene rings is 1. The average Bonchev–Trinajstić information content (AvgIpc) is 3.31. The molecule has 1 amide bonds. The number of amides is 1. The normalized spacial score (nSPS) is 11.6. The summed E-state index contributed by atoms with van der Waals surface area (Å²) in [6.45, 7) is 7.14. The van der Waals surface area contributed by atoms with E-state index in [4.69, 9.17) is 4.42 Å². The molecular formula is C20H23N3O2S2. The highest BCUT2D eigenvalue weighted by atomic mass is 32.2. The van der Waals surface area contributed by atoms with Gasteiger partial charge in [-0.05, 0) is 45.5 Å². The SMILES string of the molecule is CN(Cc1ccsc1)C(=O)CSc1nnc(-c2ccc(C(C)(C)C)cc2)o1. The molecule has 1 aromatic carbocycles. The Kier molecular flexibility index (Phi) is 6.01. The highest BCUT2D eigenvalue weighted by Gasteiger charge is 2.16. The van der Waals surface area contributed by atoms with Crippen molar-refractivity contribution < 1.29 is 9.21 Å². The Labute approximate surface area is 167 Å². The molecule has 2 aromatic heterocycles. The van der Waals surface area contributed by atoms with E-state index < -0.39 is 0 Å². The molecule has 0 atom stereocenters. The molecule has 0 fully saturated rings. The van der Waals surface area contributed by atoms with Crippen LogP contribution >= 0.6 is 23.1 Å². The molecule has 0 aliphatic rings. The topological polar surface area (TPSA) is 59.2 Å². The van der Waals surface area contributed by atoms with Gasteiger partial charge in [-0.3, -0.25) is 4.79 Å². The first kappa shape index (κ1) is 19.6. The zero-order chi connectivity index (χ0) is 19.4. The van der Waals surface area contributed by atoms with E-state index >= 15 is 0 Å². The van der Waals surface area contributed by atoms with Crippen LogP contribution in [-0.4, -0.2) is 33.8 Å². The number of hydrogen-bond acceptors (Lipinski definition) is 6. The quantitative estimate of drug-likeness (QED) is 0.553. The third-order valence-electron chi connectivity index (χ3n) is 4.15. The summed E-state index contributed by atoms with van der Waals surface area (Å²) in [4.78, 5) is 14.0. The summed E-state index contributed by atoms with van der Waals surface area (Å²) in [5, 5.41) is 12.6. The Morgan fingerprint density at radius 2 is 1.93 bits per heavy atom. The summed E-state index contributed by atoms with van der Waals surface area (Å²) in [6.07, 6.45) is 0. The summed E-state index contributed by atoms with van der Waals surface area (Å²) < 4.78 is 5.70. The van der Waals surface area contributed by atoms with Gasteiger partial charge in [-0.1, -0.05) is 44.7 Å². The molecule has 142 valence electrons. The van der Waals surface area contributed by atoms with Crippen LogP contribution in [0.3, 0.4) is 0 Å². The molecule has 0 N–H and O–H groups in total. The van der Waals surface area contributed by atoms with Crippen LogP contribution in [0, 0.1) is 0 Å². The highest BCUT2D eigenvalue weighted by molar-refractivity contribution is 7.99. The van der Waals surface area contributed by atoms with Gasteiger partial charge in [0.25, 0.3) is 5.22 Å². The van der Waals surface area contributed by atoms with Gasteiger partial charge in [0.05, 0.1) is 5.75 Å². The van der Waals surface area contributed by atoms with Gasteiger partial charge < -0.3 is 9.32 Å². The lowest BCUT2D eigenvalue weighted by molar-refractivity contribution is -0.127. The average molecular weight is 402 g/mol. The number of aromatic nitrogens is 2. The van der Waals surface area contributed by atoms with Crippen molar-refractivity contribution in [3.05, 3.63) is 52.2 Å². The van der Waals surface area contributed by atoms with Gasteiger partial charge in [-0.25, -0.2) is 0 Å². The van der Waals surface area contributed by atoms with Gasteiger partial charge >= 0.3 is 0 Å². The largest absolute Gasteiger partial charge is 0.411 e. The molecular weight excluding hydrogens is 378 g/mol. The first-order valence-corrected chi connectivity index (χ1v) is 10.6. The molecule has 0 radical (unpaired) electrons. The van der Waals surface area contributed by atoms with Crippen LogP contribution in [0.15, 0.2) is 50.7 Å².